The lowest BCUT2D eigenvalue weighted by atomic mass is 9.95. The summed E-state index contributed by atoms with van der Waals surface area (Å²) in [5, 5.41) is 11.7. The molecule has 0 aliphatic carbocycles. The molecule has 4 rings (SSSR count). The van der Waals surface area contributed by atoms with Gasteiger partial charge >= 0.3 is 11.9 Å². The number of amides is 1. The number of rotatable bonds is 13. The van der Waals surface area contributed by atoms with Gasteiger partial charge in [0.05, 0.1) is 44.7 Å². The summed E-state index contributed by atoms with van der Waals surface area (Å²) >= 11 is 0.931. The molecule has 228 valence electrons. The van der Waals surface area contributed by atoms with E-state index in [1.54, 1.807) is 49.4 Å². The van der Waals surface area contributed by atoms with E-state index in [4.69, 9.17) is 18.9 Å². The number of ether oxygens (including phenoxy) is 4. The van der Waals surface area contributed by atoms with Crippen LogP contribution in [0.4, 0.5) is 5.13 Å². The summed E-state index contributed by atoms with van der Waals surface area (Å²) in [7, 11) is 2.76. The van der Waals surface area contributed by atoms with Crippen molar-refractivity contribution in [3.8, 4) is 17.2 Å². The first-order valence-electron chi connectivity index (χ1n) is 14.2. The zero-order valence-electron chi connectivity index (χ0n) is 25.0. The Morgan fingerprint density at radius 1 is 1.00 bits per heavy atom. The number of esters is 1. The zero-order chi connectivity index (χ0) is 31.1. The quantitative estimate of drug-likeness (QED) is 0.0790. The van der Waals surface area contributed by atoms with E-state index in [-0.39, 0.29) is 21.3 Å². The molecule has 1 aliphatic heterocycles. The minimum atomic E-state index is -1.08. The molecule has 0 spiro atoms. The predicted octanol–water partition coefficient (Wildman–Crippen LogP) is 6.23. The highest BCUT2D eigenvalue weighted by Crippen LogP contribution is 2.45. The summed E-state index contributed by atoms with van der Waals surface area (Å²) in [5.74, 6) is -1.33. The fourth-order valence-corrected chi connectivity index (χ4v) is 5.74. The lowest BCUT2D eigenvalue weighted by Crippen LogP contribution is -2.29. The Morgan fingerprint density at radius 3 is 2.49 bits per heavy atom. The number of carbonyl (C=O) groups is 3. The Hall–Kier alpha value is -4.38. The summed E-state index contributed by atoms with van der Waals surface area (Å²) in [4.78, 5) is 45.5. The van der Waals surface area contributed by atoms with Crippen LogP contribution >= 0.6 is 11.3 Å². The topological polar surface area (TPSA) is 124 Å². The van der Waals surface area contributed by atoms with Crippen molar-refractivity contribution < 1.29 is 38.4 Å². The summed E-state index contributed by atoms with van der Waals surface area (Å²) < 4.78 is 22.1. The van der Waals surface area contributed by atoms with Crippen molar-refractivity contribution in [2.75, 3.05) is 32.3 Å². The summed E-state index contributed by atoms with van der Waals surface area (Å²) in [6, 6.07) is 10.7. The number of unbranched alkanes of at least 4 members (excludes halogenated alkanes) is 2. The zero-order valence-corrected chi connectivity index (χ0v) is 25.8. The van der Waals surface area contributed by atoms with Gasteiger partial charge in [-0.25, -0.2) is 9.78 Å². The molecule has 1 aromatic heterocycles. The van der Waals surface area contributed by atoms with Gasteiger partial charge in [-0.15, -0.1) is 0 Å². The lowest BCUT2D eigenvalue weighted by molar-refractivity contribution is -0.132. The second-order valence-corrected chi connectivity index (χ2v) is 10.9. The maximum Gasteiger partial charge on any atom is 0.350 e. The number of hydrogen-bond acceptors (Lipinski definition) is 10. The van der Waals surface area contributed by atoms with Crippen LogP contribution in [0.3, 0.4) is 0 Å². The van der Waals surface area contributed by atoms with E-state index < -0.39 is 23.7 Å². The minimum Gasteiger partial charge on any atom is -0.507 e. The van der Waals surface area contributed by atoms with E-state index >= 15 is 0 Å². The number of aliphatic hydroxyl groups is 1. The second kappa shape index (κ2) is 14.2. The molecule has 43 heavy (non-hydrogen) atoms. The molecule has 2 heterocycles. The number of methoxy groups -OCH3 is 2. The highest BCUT2D eigenvalue weighted by molar-refractivity contribution is 7.17. The van der Waals surface area contributed by atoms with Crippen molar-refractivity contribution in [1.82, 2.24) is 4.98 Å². The van der Waals surface area contributed by atoms with Crippen molar-refractivity contribution in [2.24, 2.45) is 0 Å². The molecule has 1 fully saturated rings. The average Bonchev–Trinajstić information content (AvgIpc) is 3.53. The first kappa shape index (κ1) is 31.6. The Bertz CT molecular complexity index is 1530. The third-order valence-electron chi connectivity index (χ3n) is 6.90. The molecule has 1 aliphatic rings. The minimum absolute atomic E-state index is 0.114. The molecule has 0 bridgehead atoms. The predicted molar refractivity (Wildman–Crippen MR) is 163 cm³/mol. The monoisotopic (exact) mass is 608 g/mol. The van der Waals surface area contributed by atoms with Gasteiger partial charge in [0.1, 0.15) is 16.4 Å². The Labute approximate surface area is 254 Å². The van der Waals surface area contributed by atoms with Crippen molar-refractivity contribution in [2.45, 2.75) is 52.5 Å². The van der Waals surface area contributed by atoms with E-state index in [9.17, 15) is 19.5 Å². The Balaban J connectivity index is 1.87. The van der Waals surface area contributed by atoms with Crippen molar-refractivity contribution in [1.29, 1.82) is 0 Å². The number of hydrogen-bond donors (Lipinski definition) is 1. The molecule has 1 amide bonds. The fraction of sp³-hybridized carbons (Fsp3) is 0.375. The summed E-state index contributed by atoms with van der Waals surface area (Å²) in [6.45, 7) is 6.69. The number of thiazole rings is 1. The molecule has 1 N–H and O–H groups in total. The lowest BCUT2D eigenvalue weighted by Gasteiger charge is -2.24. The number of benzene rings is 2. The maximum atomic E-state index is 13.6. The van der Waals surface area contributed by atoms with E-state index in [1.165, 1.54) is 19.1 Å². The van der Waals surface area contributed by atoms with Crippen LogP contribution in [0.25, 0.3) is 5.76 Å². The van der Waals surface area contributed by atoms with Crippen LogP contribution in [-0.2, 0) is 14.3 Å². The first-order valence-corrected chi connectivity index (χ1v) is 15.0. The number of Topliss-reactive ketones (excluding diaryl/α,β-unsaturated/α-hetero) is 1. The van der Waals surface area contributed by atoms with Gasteiger partial charge < -0.3 is 24.1 Å². The molecule has 0 radical (unpaired) electrons. The normalized spacial score (nSPS) is 15.9. The van der Waals surface area contributed by atoms with Crippen LogP contribution in [0.1, 0.15) is 72.1 Å². The number of aryl methyl sites for hydroxylation is 1. The van der Waals surface area contributed by atoms with Gasteiger partial charge in [-0.2, -0.15) is 0 Å². The molecule has 1 unspecified atom stereocenters. The SMILES string of the molecule is CCCCCOc1ccc(C2/C(=C(\O)c3cccc(OCCC)c3)C(=O)C(=O)N2c2nc(C)c(C(=O)OC)s2)cc1OC. The van der Waals surface area contributed by atoms with Gasteiger partial charge in [0.25, 0.3) is 5.78 Å². The van der Waals surface area contributed by atoms with Gasteiger partial charge in [0.15, 0.2) is 16.6 Å². The van der Waals surface area contributed by atoms with Crippen molar-refractivity contribution >= 4 is 39.9 Å². The second-order valence-electron chi connectivity index (χ2n) is 9.91. The van der Waals surface area contributed by atoms with E-state index in [0.717, 1.165) is 37.0 Å². The molecule has 0 saturated carbocycles. The van der Waals surface area contributed by atoms with Crippen LogP contribution in [0.5, 0.6) is 17.2 Å². The Kier molecular flexibility index (Phi) is 10.4. The molecule has 1 saturated heterocycles. The number of ketones is 1. The summed E-state index contributed by atoms with van der Waals surface area (Å²) in [5.41, 5.74) is 1.000. The van der Waals surface area contributed by atoms with Crippen LogP contribution in [0, 0.1) is 6.92 Å². The molecule has 1 atom stereocenters. The largest absolute Gasteiger partial charge is 0.507 e. The number of aliphatic hydroxyl groups excluding tert-OH is 1. The standard InChI is InChI=1S/C32H36N2O8S/c1-6-8-9-16-42-23-14-13-20(18-24(23)39-4)26-25(27(35)21-11-10-12-22(17-21)41-15-7-2)28(36)30(37)34(26)32-33-19(3)29(43-32)31(38)40-5/h10-14,17-18,26,35H,6-9,15-16H2,1-5H3/b27-25+. The number of carbonyl (C=O) groups excluding carboxylic acids is 3. The van der Waals surface area contributed by atoms with Crippen molar-refractivity contribution in [3.63, 3.8) is 0 Å². The smallest absolute Gasteiger partial charge is 0.350 e. The highest BCUT2D eigenvalue weighted by atomic mass is 32.1. The number of nitrogens with zero attached hydrogens (tertiary/aromatic N) is 2. The molecular formula is C32H36N2O8S. The fourth-order valence-electron chi connectivity index (χ4n) is 4.73. The van der Waals surface area contributed by atoms with Gasteiger partial charge in [-0.1, -0.05) is 56.2 Å². The van der Waals surface area contributed by atoms with Gasteiger partial charge in [-0.05, 0) is 49.6 Å². The van der Waals surface area contributed by atoms with Gasteiger partial charge in [-0.3, -0.25) is 14.5 Å². The summed E-state index contributed by atoms with van der Waals surface area (Å²) in [6.07, 6.45) is 3.76. The third kappa shape index (κ3) is 6.67. The molecule has 10 nitrogen and oxygen atoms in total. The van der Waals surface area contributed by atoms with Crippen LogP contribution in [0.2, 0.25) is 0 Å². The number of anilines is 1. The highest BCUT2D eigenvalue weighted by Gasteiger charge is 2.48. The third-order valence-corrected chi connectivity index (χ3v) is 8.03. The van der Waals surface area contributed by atoms with Crippen LogP contribution in [0.15, 0.2) is 48.0 Å². The Morgan fingerprint density at radius 2 is 1.79 bits per heavy atom. The van der Waals surface area contributed by atoms with E-state index in [2.05, 4.69) is 11.9 Å². The van der Waals surface area contributed by atoms with Crippen LogP contribution < -0.4 is 19.1 Å². The van der Waals surface area contributed by atoms with Gasteiger partial charge in [0.2, 0.25) is 0 Å². The van der Waals surface area contributed by atoms with E-state index in [0.29, 0.717) is 47.3 Å². The van der Waals surface area contributed by atoms with Gasteiger partial charge in [0, 0.05) is 5.56 Å². The molecular weight excluding hydrogens is 572 g/mol. The van der Waals surface area contributed by atoms with Crippen LogP contribution in [-0.4, -0.2) is 55.2 Å². The maximum absolute atomic E-state index is 13.6. The first-order chi connectivity index (χ1) is 20.7. The molecule has 2 aromatic carbocycles. The number of aromatic nitrogens is 1. The van der Waals surface area contributed by atoms with Crippen molar-refractivity contribution in [3.05, 3.63) is 69.7 Å². The molecule has 3 aromatic rings. The average molecular weight is 609 g/mol. The van der Waals surface area contributed by atoms with E-state index in [1.807, 2.05) is 6.92 Å². The molecule has 11 heteroatoms.